The normalized spacial score (nSPS) is 12.5. The van der Waals surface area contributed by atoms with Crippen molar-refractivity contribution in [3.8, 4) is 0 Å². The number of carbonyl (C=O) groups is 1. The van der Waals surface area contributed by atoms with Gasteiger partial charge in [0.2, 0.25) is 0 Å². The Morgan fingerprint density at radius 2 is 2.23 bits per heavy atom. The van der Waals surface area contributed by atoms with Crippen LogP contribution >= 0.6 is 15.9 Å². The Labute approximate surface area is 84.7 Å². The number of rotatable bonds is 2. The Bertz CT molecular complexity index is 338. The van der Waals surface area contributed by atoms with Gasteiger partial charge in [0.05, 0.1) is 0 Å². The Kier molecular flexibility index (Phi) is 3.06. The molecular formula is C9H10BrNO2. The summed E-state index contributed by atoms with van der Waals surface area (Å²) in [6.45, 7) is 1.89. The largest absolute Gasteiger partial charge is 0.480 e. The first-order chi connectivity index (χ1) is 6.02. The van der Waals surface area contributed by atoms with Crippen LogP contribution in [0, 0.1) is 6.92 Å². The Hall–Kier alpha value is -0.870. The summed E-state index contributed by atoms with van der Waals surface area (Å²) in [5.74, 6) is -1.02. The minimum Gasteiger partial charge on any atom is -0.480 e. The molecule has 0 aromatic heterocycles. The van der Waals surface area contributed by atoms with Gasteiger partial charge in [-0.2, -0.15) is 0 Å². The van der Waals surface area contributed by atoms with Gasteiger partial charge in [0.25, 0.3) is 0 Å². The molecule has 0 spiro atoms. The molecule has 3 N–H and O–H groups in total. The van der Waals surface area contributed by atoms with Gasteiger partial charge in [-0.1, -0.05) is 33.6 Å². The molecule has 0 unspecified atom stereocenters. The lowest BCUT2D eigenvalue weighted by molar-refractivity contribution is -0.138. The SMILES string of the molecule is Cc1ccc(Br)c([C@@H](N)C(=O)O)c1. The molecule has 70 valence electrons. The third kappa shape index (κ3) is 2.29. The van der Waals surface area contributed by atoms with Crippen molar-refractivity contribution in [1.29, 1.82) is 0 Å². The van der Waals surface area contributed by atoms with Gasteiger partial charge >= 0.3 is 5.97 Å². The van der Waals surface area contributed by atoms with Gasteiger partial charge in [0, 0.05) is 4.47 Å². The Balaban J connectivity index is 3.12. The number of carboxylic acid groups (broad SMARTS) is 1. The van der Waals surface area contributed by atoms with Crippen molar-refractivity contribution in [1.82, 2.24) is 0 Å². The molecule has 0 radical (unpaired) electrons. The van der Waals surface area contributed by atoms with Crippen molar-refractivity contribution in [2.45, 2.75) is 13.0 Å². The van der Waals surface area contributed by atoms with Crippen LogP contribution in [0.25, 0.3) is 0 Å². The van der Waals surface area contributed by atoms with Gasteiger partial charge in [0.15, 0.2) is 0 Å². The lowest BCUT2D eigenvalue weighted by Gasteiger charge is -2.09. The summed E-state index contributed by atoms with van der Waals surface area (Å²) in [7, 11) is 0. The molecule has 1 aromatic carbocycles. The van der Waals surface area contributed by atoms with E-state index in [2.05, 4.69) is 15.9 Å². The molecule has 0 amide bonds. The fraction of sp³-hybridized carbons (Fsp3) is 0.222. The van der Waals surface area contributed by atoms with E-state index in [1.165, 1.54) is 0 Å². The molecule has 0 bridgehead atoms. The van der Waals surface area contributed by atoms with Gasteiger partial charge in [-0.3, -0.25) is 4.79 Å². The van der Waals surface area contributed by atoms with E-state index in [9.17, 15) is 4.79 Å². The lowest BCUT2D eigenvalue weighted by atomic mass is 10.1. The quantitative estimate of drug-likeness (QED) is 0.834. The molecule has 0 saturated carbocycles. The fourth-order valence-corrected chi connectivity index (χ4v) is 1.53. The van der Waals surface area contributed by atoms with Crippen LogP contribution in [0.3, 0.4) is 0 Å². The zero-order valence-electron chi connectivity index (χ0n) is 7.12. The van der Waals surface area contributed by atoms with E-state index in [0.29, 0.717) is 5.56 Å². The number of hydrogen-bond donors (Lipinski definition) is 2. The highest BCUT2D eigenvalue weighted by molar-refractivity contribution is 9.10. The first-order valence-electron chi connectivity index (χ1n) is 3.77. The molecule has 0 heterocycles. The lowest BCUT2D eigenvalue weighted by Crippen LogP contribution is -2.21. The summed E-state index contributed by atoms with van der Waals surface area (Å²) in [6.07, 6.45) is 0. The third-order valence-electron chi connectivity index (χ3n) is 1.75. The minimum absolute atomic E-state index is 0.604. The molecule has 0 aliphatic heterocycles. The van der Waals surface area contributed by atoms with Crippen molar-refractivity contribution in [3.63, 3.8) is 0 Å². The van der Waals surface area contributed by atoms with Crippen molar-refractivity contribution < 1.29 is 9.90 Å². The maximum absolute atomic E-state index is 10.6. The van der Waals surface area contributed by atoms with Crippen molar-refractivity contribution in [3.05, 3.63) is 33.8 Å². The number of benzene rings is 1. The predicted octanol–water partition coefficient (Wildman–Crippen LogP) is 1.84. The summed E-state index contributed by atoms with van der Waals surface area (Å²) in [6, 6.07) is 4.49. The van der Waals surface area contributed by atoms with E-state index in [0.717, 1.165) is 10.0 Å². The smallest absolute Gasteiger partial charge is 0.325 e. The van der Waals surface area contributed by atoms with Gasteiger partial charge in [0.1, 0.15) is 6.04 Å². The summed E-state index contributed by atoms with van der Waals surface area (Å²) in [5, 5.41) is 8.70. The highest BCUT2D eigenvalue weighted by Crippen LogP contribution is 2.23. The third-order valence-corrected chi connectivity index (χ3v) is 2.47. The number of halogens is 1. The Morgan fingerprint density at radius 1 is 1.62 bits per heavy atom. The molecule has 1 atom stereocenters. The number of aliphatic carboxylic acids is 1. The maximum atomic E-state index is 10.6. The van der Waals surface area contributed by atoms with Crippen LogP contribution in [-0.4, -0.2) is 11.1 Å². The number of aryl methyl sites for hydroxylation is 1. The van der Waals surface area contributed by atoms with E-state index < -0.39 is 12.0 Å². The molecule has 0 aliphatic rings. The van der Waals surface area contributed by atoms with Crippen molar-refractivity contribution in [2.75, 3.05) is 0 Å². The zero-order valence-corrected chi connectivity index (χ0v) is 8.71. The highest BCUT2D eigenvalue weighted by atomic mass is 79.9. The molecule has 1 aromatic rings. The number of hydrogen-bond acceptors (Lipinski definition) is 2. The standard InChI is InChI=1S/C9H10BrNO2/c1-5-2-3-7(10)6(4-5)8(11)9(12)13/h2-4,8H,11H2,1H3,(H,12,13)/t8-/m1/s1. The highest BCUT2D eigenvalue weighted by Gasteiger charge is 2.16. The monoisotopic (exact) mass is 243 g/mol. The molecule has 1 rings (SSSR count). The molecule has 3 nitrogen and oxygen atoms in total. The van der Waals surface area contributed by atoms with E-state index in [-0.39, 0.29) is 0 Å². The van der Waals surface area contributed by atoms with Gasteiger partial charge < -0.3 is 10.8 Å². The van der Waals surface area contributed by atoms with E-state index in [1.807, 2.05) is 13.0 Å². The minimum atomic E-state index is -1.02. The fourth-order valence-electron chi connectivity index (χ4n) is 1.03. The molecule has 0 saturated heterocycles. The van der Waals surface area contributed by atoms with Gasteiger partial charge in [-0.25, -0.2) is 0 Å². The molecule has 13 heavy (non-hydrogen) atoms. The second-order valence-corrected chi connectivity index (χ2v) is 3.70. The summed E-state index contributed by atoms with van der Waals surface area (Å²) >= 11 is 3.26. The van der Waals surface area contributed by atoms with Crippen LogP contribution in [0.4, 0.5) is 0 Å². The van der Waals surface area contributed by atoms with Crippen molar-refractivity contribution in [2.24, 2.45) is 5.73 Å². The topological polar surface area (TPSA) is 63.3 Å². The van der Waals surface area contributed by atoms with Crippen LogP contribution in [-0.2, 0) is 4.79 Å². The van der Waals surface area contributed by atoms with E-state index in [1.54, 1.807) is 12.1 Å². The Morgan fingerprint density at radius 3 is 2.77 bits per heavy atom. The summed E-state index contributed by atoms with van der Waals surface area (Å²) in [5.41, 5.74) is 7.08. The van der Waals surface area contributed by atoms with Gasteiger partial charge in [-0.15, -0.1) is 0 Å². The summed E-state index contributed by atoms with van der Waals surface area (Å²) < 4.78 is 0.730. The number of carboxylic acids is 1. The van der Waals surface area contributed by atoms with Crippen LogP contribution < -0.4 is 5.73 Å². The second-order valence-electron chi connectivity index (χ2n) is 2.84. The van der Waals surface area contributed by atoms with E-state index >= 15 is 0 Å². The molecule has 0 fully saturated rings. The van der Waals surface area contributed by atoms with Crippen LogP contribution in [0.1, 0.15) is 17.2 Å². The molecular weight excluding hydrogens is 234 g/mol. The van der Waals surface area contributed by atoms with Crippen LogP contribution in [0.15, 0.2) is 22.7 Å². The predicted molar refractivity (Wildman–Crippen MR) is 53.4 cm³/mol. The first-order valence-corrected chi connectivity index (χ1v) is 4.56. The number of nitrogens with two attached hydrogens (primary N) is 1. The van der Waals surface area contributed by atoms with E-state index in [4.69, 9.17) is 10.8 Å². The van der Waals surface area contributed by atoms with Crippen LogP contribution in [0.5, 0.6) is 0 Å². The average Bonchev–Trinajstić information content (AvgIpc) is 2.08. The zero-order chi connectivity index (χ0) is 10.0. The average molecular weight is 244 g/mol. The van der Waals surface area contributed by atoms with Crippen molar-refractivity contribution >= 4 is 21.9 Å². The molecule has 4 heteroatoms. The molecule has 0 aliphatic carbocycles. The maximum Gasteiger partial charge on any atom is 0.325 e. The summed E-state index contributed by atoms with van der Waals surface area (Å²) in [4.78, 5) is 10.6. The van der Waals surface area contributed by atoms with Gasteiger partial charge in [-0.05, 0) is 18.6 Å². The van der Waals surface area contributed by atoms with Crippen LogP contribution in [0.2, 0.25) is 0 Å². The second kappa shape index (κ2) is 3.89. The first kappa shape index (κ1) is 10.2.